The summed E-state index contributed by atoms with van der Waals surface area (Å²) in [6.07, 6.45) is 0. The molecule has 0 aliphatic heterocycles. The lowest BCUT2D eigenvalue weighted by Crippen LogP contribution is -2.10. The molecule has 0 unspecified atom stereocenters. The first-order chi connectivity index (χ1) is 20.3. The number of nitrogens with two attached hydrogens (primary N) is 2. The number of nitrogens with zero attached hydrogens (tertiary/aromatic N) is 4. The average molecular weight is 589 g/mol. The molecule has 0 aliphatic carbocycles. The number of benzene rings is 3. The Labute approximate surface area is 255 Å². The Bertz CT molecular complexity index is 1920. The molecule has 0 fully saturated rings. The fraction of sp³-hybridized carbons (Fsp3) is 0.235. The molecule has 0 atom stereocenters. The topological polar surface area (TPSA) is 144 Å². The number of rotatable bonds is 5. The summed E-state index contributed by atoms with van der Waals surface area (Å²) in [7, 11) is 0. The van der Waals surface area contributed by atoms with E-state index in [2.05, 4.69) is 63.6 Å². The Balaban J connectivity index is 1.63. The van der Waals surface area contributed by atoms with Crippen molar-refractivity contribution in [2.75, 3.05) is 11.5 Å². The second-order valence-electron chi connectivity index (χ2n) is 12.3. The van der Waals surface area contributed by atoms with E-state index in [0.29, 0.717) is 43.8 Å². The highest BCUT2D eigenvalue weighted by Gasteiger charge is 2.22. The van der Waals surface area contributed by atoms with E-state index in [4.69, 9.17) is 20.9 Å². The normalized spacial score (nSPS) is 11.6. The van der Waals surface area contributed by atoms with Crippen molar-refractivity contribution in [3.05, 3.63) is 82.9 Å². The number of nitrogen functional groups attached to an aromatic ring is 2. The smallest absolute Gasteiger partial charge is 0.171 e. The Morgan fingerprint density at radius 1 is 0.721 bits per heavy atom. The molecular formula is C34H32N6O2S. The molecule has 0 radical (unpaired) electrons. The SMILES string of the molecule is CC(C)(C)c1ccc(Oc2cc(C#N)c(-c3nc(N)c4c(C#N)c(N)sc4n3)cc2Oc2ccc(C(C)(C)C)cc2)cc1. The highest BCUT2D eigenvalue weighted by molar-refractivity contribution is 7.22. The van der Waals surface area contributed by atoms with Gasteiger partial charge in [-0.2, -0.15) is 10.5 Å². The van der Waals surface area contributed by atoms with Crippen LogP contribution >= 0.6 is 11.3 Å². The first kappa shape index (κ1) is 29.4. The lowest BCUT2D eigenvalue weighted by Gasteiger charge is -2.20. The molecule has 2 heterocycles. The van der Waals surface area contributed by atoms with Crippen LogP contribution in [0.15, 0.2) is 60.7 Å². The van der Waals surface area contributed by atoms with Gasteiger partial charge in [-0.3, -0.25) is 0 Å². The van der Waals surface area contributed by atoms with Crippen LogP contribution in [0, 0.1) is 22.7 Å². The van der Waals surface area contributed by atoms with Crippen molar-refractivity contribution < 1.29 is 9.47 Å². The van der Waals surface area contributed by atoms with Gasteiger partial charge in [0, 0.05) is 11.6 Å². The van der Waals surface area contributed by atoms with Crippen molar-refractivity contribution in [1.29, 1.82) is 10.5 Å². The first-order valence-electron chi connectivity index (χ1n) is 13.7. The van der Waals surface area contributed by atoms with E-state index in [1.807, 2.05) is 48.5 Å². The molecule has 8 nitrogen and oxygen atoms in total. The minimum absolute atomic E-state index is 0.00811. The molecule has 0 saturated carbocycles. The molecule has 9 heteroatoms. The minimum atomic E-state index is -0.0137. The maximum absolute atomic E-state index is 10.2. The monoisotopic (exact) mass is 588 g/mol. The van der Waals surface area contributed by atoms with E-state index >= 15 is 0 Å². The summed E-state index contributed by atoms with van der Waals surface area (Å²) in [5.74, 6) is 2.22. The molecule has 0 amide bonds. The maximum Gasteiger partial charge on any atom is 0.171 e. The highest BCUT2D eigenvalue weighted by Crippen LogP contribution is 2.42. The second-order valence-corrected chi connectivity index (χ2v) is 13.3. The van der Waals surface area contributed by atoms with Crippen molar-refractivity contribution in [3.63, 3.8) is 0 Å². The van der Waals surface area contributed by atoms with Crippen molar-refractivity contribution >= 4 is 32.4 Å². The second kappa shape index (κ2) is 10.9. The molecule has 216 valence electrons. The third-order valence-electron chi connectivity index (χ3n) is 7.06. The fourth-order valence-electron chi connectivity index (χ4n) is 4.57. The summed E-state index contributed by atoms with van der Waals surface area (Å²) in [4.78, 5) is 9.54. The Kier molecular flexibility index (Phi) is 7.47. The molecule has 43 heavy (non-hydrogen) atoms. The molecule has 0 spiro atoms. The summed E-state index contributed by atoms with van der Waals surface area (Å²) in [6, 6.07) is 23.3. The number of hydrogen-bond acceptors (Lipinski definition) is 9. The molecule has 0 bridgehead atoms. The van der Waals surface area contributed by atoms with Crippen LogP contribution in [0.4, 0.5) is 10.8 Å². The number of ether oxygens (including phenoxy) is 2. The van der Waals surface area contributed by atoms with Crippen LogP contribution in [0.5, 0.6) is 23.0 Å². The molecule has 0 aliphatic rings. The van der Waals surface area contributed by atoms with Gasteiger partial charge in [0.1, 0.15) is 39.3 Å². The van der Waals surface area contributed by atoms with Crippen molar-refractivity contribution in [3.8, 4) is 46.5 Å². The van der Waals surface area contributed by atoms with Gasteiger partial charge in [-0.1, -0.05) is 77.1 Å². The van der Waals surface area contributed by atoms with E-state index in [1.165, 1.54) is 11.1 Å². The van der Waals surface area contributed by atoms with Crippen LogP contribution in [0.1, 0.15) is 63.8 Å². The highest BCUT2D eigenvalue weighted by atomic mass is 32.1. The average Bonchev–Trinajstić information content (AvgIpc) is 3.28. The number of aromatic nitrogens is 2. The third-order valence-corrected chi connectivity index (χ3v) is 7.97. The standard InChI is InChI=1S/C34H32N6O2S/c1-33(2,3)20-7-11-22(12-8-20)41-26-15-19(17-35)24(16-27(26)42-23-13-9-21(10-14-23)34(4,5)6)31-39-29(37)28-25(18-36)30(38)43-32(28)40-31/h7-16H,38H2,1-6H3,(H2,37,39,40). The molecule has 5 rings (SSSR count). The zero-order chi connectivity index (χ0) is 31.1. The van der Waals surface area contributed by atoms with Gasteiger partial charge in [-0.25, -0.2) is 9.97 Å². The Morgan fingerprint density at radius 3 is 1.70 bits per heavy atom. The molecule has 3 aromatic carbocycles. The number of fused-ring (bicyclic) bond motifs is 1. The maximum atomic E-state index is 10.2. The van der Waals surface area contributed by atoms with Gasteiger partial charge in [0.25, 0.3) is 0 Å². The van der Waals surface area contributed by atoms with Gasteiger partial charge < -0.3 is 20.9 Å². The van der Waals surface area contributed by atoms with E-state index < -0.39 is 0 Å². The summed E-state index contributed by atoms with van der Waals surface area (Å²) in [5, 5.41) is 20.4. The van der Waals surface area contributed by atoms with Gasteiger partial charge in [-0.15, -0.1) is 0 Å². The van der Waals surface area contributed by atoms with Crippen LogP contribution in [0.25, 0.3) is 21.6 Å². The summed E-state index contributed by atoms with van der Waals surface area (Å²) in [5.41, 5.74) is 15.5. The predicted octanol–water partition coefficient (Wildman–Crippen LogP) is 8.45. The van der Waals surface area contributed by atoms with Gasteiger partial charge in [0.15, 0.2) is 17.3 Å². The van der Waals surface area contributed by atoms with Gasteiger partial charge in [0.2, 0.25) is 0 Å². The zero-order valence-electron chi connectivity index (χ0n) is 24.9. The quantitative estimate of drug-likeness (QED) is 0.208. The Morgan fingerprint density at radius 2 is 1.23 bits per heavy atom. The third kappa shape index (κ3) is 5.94. The van der Waals surface area contributed by atoms with Crippen LogP contribution in [0.2, 0.25) is 0 Å². The summed E-state index contributed by atoms with van der Waals surface area (Å²) in [6.45, 7) is 12.9. The number of nitriles is 2. The van der Waals surface area contributed by atoms with E-state index in [1.54, 1.807) is 12.1 Å². The summed E-state index contributed by atoms with van der Waals surface area (Å²) >= 11 is 1.14. The molecular weight excluding hydrogens is 556 g/mol. The van der Waals surface area contributed by atoms with Crippen molar-refractivity contribution in [2.24, 2.45) is 0 Å². The summed E-state index contributed by atoms with van der Waals surface area (Å²) < 4.78 is 12.7. The molecule has 4 N–H and O–H groups in total. The predicted molar refractivity (Wildman–Crippen MR) is 172 cm³/mol. The zero-order valence-corrected chi connectivity index (χ0v) is 25.8. The van der Waals surface area contributed by atoms with Crippen LogP contribution in [0.3, 0.4) is 0 Å². The largest absolute Gasteiger partial charge is 0.453 e. The number of anilines is 2. The van der Waals surface area contributed by atoms with Crippen LogP contribution < -0.4 is 20.9 Å². The van der Waals surface area contributed by atoms with E-state index in [-0.39, 0.29) is 33.6 Å². The van der Waals surface area contributed by atoms with Crippen molar-refractivity contribution in [2.45, 2.75) is 52.4 Å². The minimum Gasteiger partial charge on any atom is -0.453 e. The fourth-order valence-corrected chi connectivity index (χ4v) is 5.47. The van der Waals surface area contributed by atoms with Gasteiger partial charge >= 0.3 is 0 Å². The van der Waals surface area contributed by atoms with Gasteiger partial charge in [0.05, 0.1) is 16.5 Å². The molecule has 5 aromatic rings. The molecule has 2 aromatic heterocycles. The van der Waals surface area contributed by atoms with Gasteiger partial charge in [-0.05, 0) is 52.3 Å². The van der Waals surface area contributed by atoms with Crippen LogP contribution in [-0.2, 0) is 10.8 Å². The number of thiophene rings is 1. The van der Waals surface area contributed by atoms with Crippen LogP contribution in [-0.4, -0.2) is 9.97 Å². The van der Waals surface area contributed by atoms with E-state index in [0.717, 1.165) is 11.3 Å². The molecule has 0 saturated heterocycles. The van der Waals surface area contributed by atoms with E-state index in [9.17, 15) is 10.5 Å². The first-order valence-corrected chi connectivity index (χ1v) is 14.5. The Hall–Kier alpha value is -5.12. The lowest BCUT2D eigenvalue weighted by atomic mass is 9.87. The van der Waals surface area contributed by atoms with Crippen molar-refractivity contribution in [1.82, 2.24) is 9.97 Å². The lowest BCUT2D eigenvalue weighted by molar-refractivity contribution is 0.418. The number of hydrogen-bond donors (Lipinski definition) is 2.